The fourth-order valence-corrected chi connectivity index (χ4v) is 10.1. The highest BCUT2D eigenvalue weighted by atomic mass is 19.3. The quantitative estimate of drug-likeness (QED) is 0.195. The number of likely N-dealkylation sites (tertiary alicyclic amines) is 1. The summed E-state index contributed by atoms with van der Waals surface area (Å²) >= 11 is 0. The number of amides is 3. The van der Waals surface area contributed by atoms with Crippen molar-refractivity contribution in [2.45, 2.75) is 102 Å². The summed E-state index contributed by atoms with van der Waals surface area (Å²) < 4.78 is 39.0. The first-order chi connectivity index (χ1) is 30.4. The molecule has 0 spiro atoms. The monoisotopic (exact) mass is 865 g/mol. The van der Waals surface area contributed by atoms with Gasteiger partial charge >= 0.3 is 5.69 Å². The van der Waals surface area contributed by atoms with Crippen LogP contribution in [0.15, 0.2) is 51.4 Å². The van der Waals surface area contributed by atoms with Gasteiger partial charge in [-0.1, -0.05) is 17.9 Å². The topological polar surface area (TPSA) is 173 Å². The minimum absolute atomic E-state index is 0.0116. The zero-order chi connectivity index (χ0) is 43.9. The number of carbonyl (C=O) groups excluding carboxylic acids is 3. The predicted octanol–water partition coefficient (Wildman–Crippen LogP) is 4.11. The van der Waals surface area contributed by atoms with Crippen LogP contribution in [0.25, 0.3) is 16.7 Å². The smallest absolute Gasteiger partial charge is 0.329 e. The van der Waals surface area contributed by atoms with Crippen LogP contribution in [0.2, 0.25) is 0 Å². The number of ether oxygens (including phenoxy) is 1. The molecule has 16 nitrogen and oxygen atoms in total. The van der Waals surface area contributed by atoms with Crippen molar-refractivity contribution in [3.8, 4) is 11.8 Å². The molecule has 332 valence electrons. The van der Waals surface area contributed by atoms with Crippen LogP contribution in [0.5, 0.6) is 0 Å². The van der Waals surface area contributed by atoms with Gasteiger partial charge in [0.25, 0.3) is 12.3 Å². The summed E-state index contributed by atoms with van der Waals surface area (Å²) in [6.45, 7) is 8.26. The molecule has 2 N–H and O–H groups in total. The molecule has 1 unspecified atom stereocenters. The van der Waals surface area contributed by atoms with Crippen molar-refractivity contribution in [2.24, 2.45) is 34.8 Å². The molecule has 5 aliphatic rings. The van der Waals surface area contributed by atoms with Gasteiger partial charge in [-0.15, -0.1) is 0 Å². The molecule has 3 amide bonds. The molecule has 1 aromatic carbocycles. The number of nitrogens with one attached hydrogen (secondary N) is 2. The van der Waals surface area contributed by atoms with Gasteiger partial charge in [0, 0.05) is 51.6 Å². The molecule has 4 atom stereocenters. The summed E-state index contributed by atoms with van der Waals surface area (Å²) in [5, 5.41) is 9.25. The number of carbonyl (C=O) groups is 3. The van der Waals surface area contributed by atoms with Gasteiger partial charge in [-0.05, 0) is 102 Å². The molecule has 9 rings (SSSR count). The van der Waals surface area contributed by atoms with Gasteiger partial charge < -0.3 is 19.9 Å². The second-order valence-electron chi connectivity index (χ2n) is 17.8. The number of piperidine rings is 2. The lowest BCUT2D eigenvalue weighted by atomic mass is 9.80. The first kappa shape index (κ1) is 42.5. The van der Waals surface area contributed by atoms with Gasteiger partial charge in [0.15, 0.2) is 11.5 Å². The number of nitrogens with zero attached hydrogens (tertiary/aromatic N) is 9. The van der Waals surface area contributed by atoms with E-state index in [2.05, 4.69) is 47.4 Å². The van der Waals surface area contributed by atoms with E-state index in [9.17, 15) is 28.0 Å². The zero-order valence-corrected chi connectivity index (χ0v) is 35.8. The minimum Gasteiger partial charge on any atom is -0.372 e. The van der Waals surface area contributed by atoms with Gasteiger partial charge in [0.05, 0.1) is 35.0 Å². The normalized spacial score (nSPS) is 26.2. The summed E-state index contributed by atoms with van der Waals surface area (Å²) in [4.78, 5) is 69.5. The highest BCUT2D eigenvalue weighted by molar-refractivity contribution is 6.46. The van der Waals surface area contributed by atoms with E-state index in [1.807, 2.05) is 38.1 Å². The maximum absolute atomic E-state index is 14.3. The molecule has 0 radical (unpaired) electrons. The van der Waals surface area contributed by atoms with E-state index in [1.165, 1.54) is 19.8 Å². The summed E-state index contributed by atoms with van der Waals surface area (Å²) in [6.07, 6.45) is 6.44. The molecule has 1 aliphatic carbocycles. The molecule has 63 heavy (non-hydrogen) atoms. The van der Waals surface area contributed by atoms with Crippen LogP contribution in [-0.4, -0.2) is 115 Å². The summed E-state index contributed by atoms with van der Waals surface area (Å²) in [6, 6.07) is 6.65. The summed E-state index contributed by atoms with van der Waals surface area (Å²) in [7, 11) is 1.68. The lowest BCUT2D eigenvalue weighted by Crippen LogP contribution is -2.45. The number of hydrogen-bond acceptors (Lipinski definition) is 11. The first-order valence-electron chi connectivity index (χ1n) is 22.1. The number of anilines is 1. The third-order valence-corrected chi connectivity index (χ3v) is 13.3. The fraction of sp³-hybridized carbons (Fsp3) is 0.556. The Morgan fingerprint density at radius 2 is 1.75 bits per heavy atom. The van der Waals surface area contributed by atoms with Crippen LogP contribution in [0.1, 0.15) is 93.6 Å². The van der Waals surface area contributed by atoms with Crippen LogP contribution in [0.4, 0.5) is 14.6 Å². The van der Waals surface area contributed by atoms with Crippen LogP contribution in [0.3, 0.4) is 0 Å². The Kier molecular flexibility index (Phi) is 12.0. The van der Waals surface area contributed by atoms with E-state index in [4.69, 9.17) is 9.72 Å². The number of benzene rings is 1. The number of aromatic nitrogens is 5. The number of fused-ring (bicyclic) bond motifs is 2. The molecule has 4 aromatic rings. The number of halogens is 2. The van der Waals surface area contributed by atoms with Gasteiger partial charge in [0.2, 0.25) is 11.8 Å². The molecular weight excluding hydrogens is 813 g/mol. The number of para-hydroxylation sites is 1. The van der Waals surface area contributed by atoms with Crippen LogP contribution in [-0.2, 0) is 21.4 Å². The van der Waals surface area contributed by atoms with E-state index >= 15 is 0 Å². The van der Waals surface area contributed by atoms with E-state index in [-0.39, 0.29) is 54.0 Å². The molecular formula is C45H53F2N11O5. The van der Waals surface area contributed by atoms with Crippen molar-refractivity contribution in [1.29, 1.82) is 0 Å². The van der Waals surface area contributed by atoms with Crippen molar-refractivity contribution in [3.05, 3.63) is 58.3 Å². The number of aryl methyl sites for hydroxylation is 1. The van der Waals surface area contributed by atoms with E-state index in [0.717, 1.165) is 70.1 Å². The zero-order valence-electron chi connectivity index (χ0n) is 35.8. The number of rotatable bonds is 8. The maximum atomic E-state index is 14.3. The number of imidazole rings is 1. The van der Waals surface area contributed by atoms with Crippen molar-refractivity contribution < 1.29 is 27.9 Å². The minimum atomic E-state index is -2.89. The molecule has 4 fully saturated rings. The standard InChI is InChI=1S/C45H53F2N11O5/c1-26-23-56(24-27(2)63-26)35-18-21-57-42(49-35)32(22-48-57)43(60)53-41-37(39(46)47)51-40(52-41)31-12-10-29(11-13-31)25-55-19-16-28(17-20-55)6-4-7-30-8-5-9-33-38(30)54(3)45(62)58(33)34-14-15-36(59)50-44(34)61/h5,8-9,18,21-22,26-29,31,34,39-40H,6,10-17,19-20,23-25H2,1-3H3,(H,50,59,61)(H,52,53,60)/t26-,27-,29?,31?,34?,40-/m0/s1. The number of alkyl halides is 2. The molecule has 7 heterocycles. The molecule has 18 heteroatoms. The van der Waals surface area contributed by atoms with Crippen molar-refractivity contribution in [1.82, 2.24) is 39.3 Å². The van der Waals surface area contributed by atoms with E-state index in [0.29, 0.717) is 47.4 Å². The highest BCUT2D eigenvalue weighted by Gasteiger charge is 2.37. The Morgan fingerprint density at radius 1 is 0.984 bits per heavy atom. The maximum Gasteiger partial charge on any atom is 0.329 e. The Bertz CT molecular complexity index is 2600. The molecule has 4 aliphatic heterocycles. The number of aliphatic imine (C=N–C) groups is 2. The third-order valence-electron chi connectivity index (χ3n) is 13.3. The number of amidine groups is 1. The Hall–Kier alpha value is -5.80. The summed E-state index contributed by atoms with van der Waals surface area (Å²) in [5.41, 5.74) is 1.71. The van der Waals surface area contributed by atoms with Crippen molar-refractivity contribution in [3.63, 3.8) is 0 Å². The number of imide groups is 1. The molecule has 3 aromatic heterocycles. The second kappa shape index (κ2) is 17.8. The largest absolute Gasteiger partial charge is 0.372 e. The molecule has 0 bridgehead atoms. The Morgan fingerprint density at radius 3 is 2.48 bits per heavy atom. The van der Waals surface area contributed by atoms with Crippen LogP contribution >= 0.6 is 0 Å². The SMILES string of the molecule is C[C@H]1CN(c2ccn3ncc(C(=O)NC4=N[C@@H](C5CCC(CN6CCC(CC#Cc7cccc8c7n(C)c(=O)n8C7CCC(=O)NC7=O)CC6)CC5)N=C4C(F)F)c3n2)C[C@H](C)O1. The predicted molar refractivity (Wildman–Crippen MR) is 232 cm³/mol. The van der Waals surface area contributed by atoms with Gasteiger partial charge in [0.1, 0.15) is 29.3 Å². The number of hydrogen-bond donors (Lipinski definition) is 2. The highest BCUT2D eigenvalue weighted by Crippen LogP contribution is 2.35. The average molecular weight is 866 g/mol. The van der Waals surface area contributed by atoms with Crippen LogP contribution in [0, 0.1) is 29.6 Å². The van der Waals surface area contributed by atoms with Gasteiger partial charge in [-0.25, -0.2) is 28.1 Å². The van der Waals surface area contributed by atoms with Crippen LogP contribution < -0.4 is 21.2 Å². The van der Waals surface area contributed by atoms with Crippen molar-refractivity contribution >= 4 is 51.8 Å². The van der Waals surface area contributed by atoms with Crippen molar-refractivity contribution in [2.75, 3.05) is 37.6 Å². The number of morpholine rings is 1. The average Bonchev–Trinajstić information content (AvgIpc) is 3.96. The molecule has 3 saturated heterocycles. The van der Waals surface area contributed by atoms with Gasteiger partial charge in [-0.3, -0.25) is 33.8 Å². The third kappa shape index (κ3) is 8.77. The lowest BCUT2D eigenvalue weighted by Gasteiger charge is -2.36. The lowest BCUT2D eigenvalue weighted by molar-refractivity contribution is -0.135. The van der Waals surface area contributed by atoms with Gasteiger partial charge in [-0.2, -0.15) is 5.10 Å². The summed E-state index contributed by atoms with van der Waals surface area (Å²) in [5.74, 6) is 6.74. The Labute approximate surface area is 363 Å². The van der Waals surface area contributed by atoms with E-state index in [1.54, 1.807) is 13.2 Å². The van der Waals surface area contributed by atoms with E-state index < -0.39 is 36.2 Å². The molecule has 1 saturated carbocycles. The Balaban J connectivity index is 0.763. The second-order valence-corrected chi connectivity index (χ2v) is 17.8. The fourth-order valence-electron chi connectivity index (χ4n) is 10.1. The first-order valence-corrected chi connectivity index (χ1v) is 22.1.